The molecule has 0 radical (unpaired) electrons. The van der Waals surface area contributed by atoms with Crippen LogP contribution in [0.25, 0.3) is 27.3 Å². The molecule has 4 aromatic heterocycles. The number of nitrogens with one attached hydrogen (secondary N) is 2. The number of nitrogens with zero attached hydrogens (tertiary/aromatic N) is 6. The Bertz CT molecular complexity index is 1220. The Balaban J connectivity index is 0.00000210. The molecule has 0 saturated carbocycles. The monoisotopic (exact) mass is 410 g/mol. The number of rotatable bonds is 4. The molecule has 0 amide bonds. The zero-order valence-corrected chi connectivity index (χ0v) is 17.9. The summed E-state index contributed by atoms with van der Waals surface area (Å²) in [7, 11) is -2.29. The molecule has 13 heteroatoms. The van der Waals surface area contributed by atoms with Gasteiger partial charge >= 0.3 is 29.6 Å². The van der Waals surface area contributed by atoms with Crippen LogP contribution >= 0.6 is 11.3 Å². The second-order valence-corrected chi connectivity index (χ2v) is 7.99. The average molecular weight is 410 g/mol. The maximum Gasteiger partial charge on any atom is 1.00 e. The minimum absolute atomic E-state index is 0. The Kier molecular flexibility index (Phi) is 5.55. The van der Waals surface area contributed by atoms with E-state index in [9.17, 15) is 8.42 Å². The zero-order valence-electron chi connectivity index (χ0n) is 14.3. The van der Waals surface area contributed by atoms with Crippen LogP contribution in [0, 0.1) is 0 Å². The van der Waals surface area contributed by atoms with Gasteiger partial charge < -0.3 is 10.5 Å². The summed E-state index contributed by atoms with van der Waals surface area (Å²) >= 11 is 0.767. The van der Waals surface area contributed by atoms with Crippen LogP contribution in [-0.4, -0.2) is 38.4 Å². The van der Waals surface area contributed by atoms with Gasteiger partial charge in [-0.1, -0.05) is 11.3 Å². The predicted molar refractivity (Wildman–Crippen MR) is 96.4 cm³/mol. The SMILES string of the molecule is Cn1cc(-c2cnc3ccc(Nc4nnc(S([NH-])(=O)=O)s4)nc3c2)cn1.[Na+]. The van der Waals surface area contributed by atoms with E-state index < -0.39 is 10.0 Å². The number of hydrogen-bond acceptors (Lipinski definition) is 9. The van der Waals surface area contributed by atoms with Crippen LogP contribution in [0.5, 0.6) is 0 Å². The first-order chi connectivity index (χ1) is 12.4. The first-order valence-electron chi connectivity index (χ1n) is 7.24. The Labute approximate surface area is 180 Å². The molecule has 2 N–H and O–H groups in total. The molecule has 0 unspecified atom stereocenters. The predicted octanol–water partition coefficient (Wildman–Crippen LogP) is -0.630. The van der Waals surface area contributed by atoms with Gasteiger partial charge in [-0.2, -0.15) is 5.10 Å². The molecular formula is C14H11N8NaO2S2. The van der Waals surface area contributed by atoms with Crippen molar-refractivity contribution in [2.75, 3.05) is 5.32 Å². The van der Waals surface area contributed by atoms with Gasteiger partial charge in [0.25, 0.3) is 0 Å². The summed E-state index contributed by atoms with van der Waals surface area (Å²) < 4.78 is 23.7. The van der Waals surface area contributed by atoms with Crippen molar-refractivity contribution in [2.45, 2.75) is 4.34 Å². The molecular weight excluding hydrogens is 399 g/mol. The number of pyridine rings is 2. The van der Waals surface area contributed by atoms with Gasteiger partial charge in [0.2, 0.25) is 9.47 Å². The van der Waals surface area contributed by atoms with Crippen molar-refractivity contribution in [1.82, 2.24) is 29.9 Å². The third-order valence-corrected chi connectivity index (χ3v) is 5.53. The van der Waals surface area contributed by atoms with Gasteiger partial charge in [0.1, 0.15) is 15.8 Å². The van der Waals surface area contributed by atoms with Crippen LogP contribution in [0.2, 0.25) is 0 Å². The van der Waals surface area contributed by atoms with Crippen molar-refractivity contribution >= 4 is 43.3 Å². The van der Waals surface area contributed by atoms with Gasteiger partial charge in [-0.3, -0.25) is 9.67 Å². The van der Waals surface area contributed by atoms with Crippen molar-refractivity contribution in [2.24, 2.45) is 7.05 Å². The third kappa shape index (κ3) is 4.31. The van der Waals surface area contributed by atoms with Crippen LogP contribution in [0.15, 0.2) is 41.1 Å². The Morgan fingerprint density at radius 2 is 1.96 bits per heavy atom. The molecule has 4 heterocycles. The molecule has 0 atom stereocenters. The van der Waals surface area contributed by atoms with Crippen LogP contribution in [0.3, 0.4) is 0 Å². The second kappa shape index (κ2) is 7.58. The summed E-state index contributed by atoms with van der Waals surface area (Å²) in [6.07, 6.45) is 5.38. The topological polar surface area (TPSA) is 139 Å². The fourth-order valence-electron chi connectivity index (χ4n) is 2.28. The molecule has 0 fully saturated rings. The van der Waals surface area contributed by atoms with Gasteiger partial charge in [0.15, 0.2) is 0 Å². The van der Waals surface area contributed by atoms with E-state index in [1.165, 1.54) is 0 Å². The molecule has 0 aromatic carbocycles. The van der Waals surface area contributed by atoms with Crippen molar-refractivity contribution in [3.63, 3.8) is 0 Å². The summed E-state index contributed by atoms with van der Waals surface area (Å²) in [5.41, 5.74) is 3.19. The molecule has 0 saturated heterocycles. The largest absolute Gasteiger partial charge is 1.00 e. The first kappa shape index (κ1) is 19.8. The first-order valence-corrected chi connectivity index (χ1v) is 9.54. The Hall–Kier alpha value is -1.96. The zero-order chi connectivity index (χ0) is 18.3. The molecule has 27 heavy (non-hydrogen) atoms. The standard InChI is InChI=1S/C14H11N8O2S2.Na/c1-22-7-9(6-17-22)8-4-11-10(16-5-8)2-3-12(18-11)19-13-20-21-14(25-13)26(15,23)24;/h2-7H,1H3,(H2-,15,18,19,20,23,24);/q-1;+1. The molecule has 4 aromatic rings. The third-order valence-electron chi connectivity index (χ3n) is 3.45. The van der Waals surface area contributed by atoms with Gasteiger partial charge in [-0.25, -0.2) is 13.4 Å². The number of anilines is 2. The number of aryl methyl sites for hydroxylation is 1. The number of sulfonamides is 1. The van der Waals surface area contributed by atoms with Gasteiger partial charge in [0.05, 0.1) is 17.2 Å². The van der Waals surface area contributed by atoms with Crippen LogP contribution < -0.4 is 34.9 Å². The van der Waals surface area contributed by atoms with E-state index in [0.29, 0.717) is 11.3 Å². The molecule has 0 aliphatic carbocycles. The Morgan fingerprint density at radius 3 is 2.63 bits per heavy atom. The van der Waals surface area contributed by atoms with E-state index in [1.807, 2.05) is 19.3 Å². The minimum atomic E-state index is -4.13. The fraction of sp³-hybridized carbons (Fsp3) is 0.0714. The Morgan fingerprint density at radius 1 is 1.15 bits per heavy atom. The number of aromatic nitrogens is 6. The van der Waals surface area contributed by atoms with Crippen LogP contribution in [-0.2, 0) is 17.1 Å². The van der Waals surface area contributed by atoms with Crippen LogP contribution in [0.4, 0.5) is 10.9 Å². The van der Waals surface area contributed by atoms with Gasteiger partial charge in [0, 0.05) is 30.6 Å². The van der Waals surface area contributed by atoms with Gasteiger partial charge in [-0.05, 0) is 18.2 Å². The van der Waals surface area contributed by atoms with E-state index in [-0.39, 0.29) is 39.0 Å². The molecule has 0 bridgehead atoms. The smallest absolute Gasteiger partial charge is 0.558 e. The summed E-state index contributed by atoms with van der Waals surface area (Å²) in [4.78, 5) is 8.87. The van der Waals surface area contributed by atoms with Crippen LogP contribution in [0.1, 0.15) is 0 Å². The van der Waals surface area contributed by atoms with E-state index >= 15 is 0 Å². The molecule has 0 aliphatic heterocycles. The maximum absolute atomic E-state index is 11.2. The summed E-state index contributed by atoms with van der Waals surface area (Å²) in [6, 6.07) is 5.39. The summed E-state index contributed by atoms with van der Waals surface area (Å²) in [5, 5.41) is 21.5. The molecule has 0 spiro atoms. The van der Waals surface area contributed by atoms with Crippen molar-refractivity contribution in [3.8, 4) is 11.1 Å². The van der Waals surface area contributed by atoms with E-state index in [1.54, 1.807) is 29.2 Å². The number of hydrogen-bond donors (Lipinski definition) is 1. The van der Waals surface area contributed by atoms with Crippen molar-refractivity contribution in [3.05, 3.63) is 41.9 Å². The van der Waals surface area contributed by atoms with E-state index in [0.717, 1.165) is 28.0 Å². The maximum atomic E-state index is 11.2. The van der Waals surface area contributed by atoms with Crippen molar-refractivity contribution in [1.29, 1.82) is 0 Å². The number of fused-ring (bicyclic) bond motifs is 1. The molecule has 4 rings (SSSR count). The molecule has 0 aliphatic rings. The van der Waals surface area contributed by atoms with Gasteiger partial charge in [-0.15, -0.1) is 10.2 Å². The van der Waals surface area contributed by atoms with E-state index in [4.69, 9.17) is 5.14 Å². The summed E-state index contributed by atoms with van der Waals surface area (Å²) in [6.45, 7) is 0. The second-order valence-electron chi connectivity index (χ2n) is 5.36. The molecule has 132 valence electrons. The van der Waals surface area contributed by atoms with Crippen molar-refractivity contribution < 1.29 is 38.0 Å². The fourth-order valence-corrected chi connectivity index (χ4v) is 3.59. The quantitative estimate of drug-likeness (QED) is 0.439. The normalized spacial score (nSPS) is 11.3. The average Bonchev–Trinajstić information content (AvgIpc) is 3.23. The van der Waals surface area contributed by atoms with E-state index in [2.05, 4.69) is 30.6 Å². The summed E-state index contributed by atoms with van der Waals surface area (Å²) in [5.74, 6) is 0.465. The minimum Gasteiger partial charge on any atom is -0.558 e. The molecule has 10 nitrogen and oxygen atoms in total.